The SMILES string of the molecule is CSc1cc(-c2ccc(Cl)cc2)nc(-c2ccccc2C)c1. The zero-order chi connectivity index (χ0) is 15.5. The van der Waals surface area contributed by atoms with Crippen molar-refractivity contribution < 1.29 is 0 Å². The van der Waals surface area contributed by atoms with E-state index in [1.165, 1.54) is 16.0 Å². The van der Waals surface area contributed by atoms with E-state index in [-0.39, 0.29) is 0 Å². The van der Waals surface area contributed by atoms with Crippen LogP contribution in [0.3, 0.4) is 0 Å². The van der Waals surface area contributed by atoms with E-state index in [4.69, 9.17) is 16.6 Å². The van der Waals surface area contributed by atoms with Gasteiger partial charge in [-0.05, 0) is 43.0 Å². The van der Waals surface area contributed by atoms with Crippen molar-refractivity contribution in [3.63, 3.8) is 0 Å². The molecule has 0 aliphatic heterocycles. The van der Waals surface area contributed by atoms with E-state index in [0.717, 1.165) is 22.0 Å². The molecule has 0 spiro atoms. The molecule has 3 heteroatoms. The highest BCUT2D eigenvalue weighted by Gasteiger charge is 2.08. The van der Waals surface area contributed by atoms with Crippen molar-refractivity contribution in [1.82, 2.24) is 4.98 Å². The number of halogens is 1. The number of thioether (sulfide) groups is 1. The number of hydrogen-bond donors (Lipinski definition) is 0. The highest BCUT2D eigenvalue weighted by atomic mass is 35.5. The van der Waals surface area contributed by atoms with Gasteiger partial charge in [-0.3, -0.25) is 0 Å². The Balaban J connectivity index is 2.15. The molecule has 22 heavy (non-hydrogen) atoms. The first-order chi connectivity index (χ1) is 10.7. The van der Waals surface area contributed by atoms with E-state index in [1.807, 2.05) is 24.3 Å². The normalized spacial score (nSPS) is 10.7. The molecule has 0 bridgehead atoms. The zero-order valence-corrected chi connectivity index (χ0v) is 14.1. The molecule has 0 saturated heterocycles. The number of benzene rings is 2. The number of nitrogens with zero attached hydrogens (tertiary/aromatic N) is 1. The molecule has 110 valence electrons. The van der Waals surface area contributed by atoms with E-state index < -0.39 is 0 Å². The van der Waals surface area contributed by atoms with Crippen LogP contribution in [0.15, 0.2) is 65.6 Å². The molecule has 0 saturated carbocycles. The van der Waals surface area contributed by atoms with Gasteiger partial charge in [-0.1, -0.05) is 48.0 Å². The fraction of sp³-hybridized carbons (Fsp3) is 0.105. The quantitative estimate of drug-likeness (QED) is 0.540. The molecule has 0 fully saturated rings. The largest absolute Gasteiger partial charge is 0.248 e. The molecule has 0 aliphatic rings. The molecule has 0 radical (unpaired) electrons. The molecule has 0 unspecified atom stereocenters. The van der Waals surface area contributed by atoms with Gasteiger partial charge in [0.1, 0.15) is 0 Å². The van der Waals surface area contributed by atoms with Crippen LogP contribution >= 0.6 is 23.4 Å². The maximum atomic E-state index is 5.98. The average molecular weight is 326 g/mol. The van der Waals surface area contributed by atoms with Crippen molar-refractivity contribution in [3.05, 3.63) is 71.2 Å². The van der Waals surface area contributed by atoms with E-state index in [2.05, 4.69) is 49.6 Å². The first-order valence-corrected chi connectivity index (χ1v) is 8.65. The molecule has 0 aliphatic carbocycles. The number of pyridine rings is 1. The fourth-order valence-electron chi connectivity index (χ4n) is 2.39. The van der Waals surface area contributed by atoms with E-state index in [0.29, 0.717) is 0 Å². The monoisotopic (exact) mass is 325 g/mol. The Morgan fingerprint density at radius 3 is 2.27 bits per heavy atom. The lowest BCUT2D eigenvalue weighted by atomic mass is 10.0. The molecule has 3 rings (SSSR count). The van der Waals surface area contributed by atoms with Gasteiger partial charge in [0.05, 0.1) is 11.4 Å². The van der Waals surface area contributed by atoms with Crippen LogP contribution in [0.5, 0.6) is 0 Å². The van der Waals surface area contributed by atoms with Crippen LogP contribution in [0.4, 0.5) is 0 Å². The Kier molecular flexibility index (Phi) is 4.51. The number of hydrogen-bond acceptors (Lipinski definition) is 2. The molecule has 1 aromatic heterocycles. The molecule has 2 aromatic carbocycles. The molecule has 0 N–H and O–H groups in total. The van der Waals surface area contributed by atoms with Crippen LogP contribution < -0.4 is 0 Å². The third-order valence-corrected chi connectivity index (χ3v) is 4.55. The van der Waals surface area contributed by atoms with E-state index in [9.17, 15) is 0 Å². The lowest BCUT2D eigenvalue weighted by molar-refractivity contribution is 1.25. The molecular weight excluding hydrogens is 310 g/mol. The summed E-state index contributed by atoms with van der Waals surface area (Å²) in [7, 11) is 0. The molecule has 1 nitrogen and oxygen atoms in total. The van der Waals surface area contributed by atoms with Gasteiger partial charge in [-0.25, -0.2) is 4.98 Å². The summed E-state index contributed by atoms with van der Waals surface area (Å²) in [6, 6.07) is 20.4. The minimum atomic E-state index is 0.740. The fourth-order valence-corrected chi connectivity index (χ4v) is 2.98. The van der Waals surface area contributed by atoms with Crippen molar-refractivity contribution in [2.45, 2.75) is 11.8 Å². The van der Waals surface area contributed by atoms with Gasteiger partial charge < -0.3 is 0 Å². The Hall–Kier alpha value is -1.77. The van der Waals surface area contributed by atoms with Gasteiger partial charge in [0.15, 0.2) is 0 Å². The summed E-state index contributed by atoms with van der Waals surface area (Å²) in [6.07, 6.45) is 2.09. The number of aryl methyl sites for hydroxylation is 1. The Bertz CT molecular complexity index is 797. The summed E-state index contributed by atoms with van der Waals surface area (Å²) in [5, 5.41) is 0.740. The molecule has 1 heterocycles. The molecule has 3 aromatic rings. The second-order valence-corrected chi connectivity index (χ2v) is 6.42. The van der Waals surface area contributed by atoms with Gasteiger partial charge in [0.25, 0.3) is 0 Å². The smallest absolute Gasteiger partial charge is 0.0723 e. The van der Waals surface area contributed by atoms with Crippen molar-refractivity contribution in [3.8, 4) is 22.5 Å². The van der Waals surface area contributed by atoms with Gasteiger partial charge in [-0.15, -0.1) is 11.8 Å². The third-order valence-electron chi connectivity index (χ3n) is 3.60. The van der Waals surface area contributed by atoms with Gasteiger partial charge >= 0.3 is 0 Å². The first-order valence-electron chi connectivity index (χ1n) is 7.05. The first kappa shape index (κ1) is 15.1. The maximum absolute atomic E-state index is 5.98. The lowest BCUT2D eigenvalue weighted by Gasteiger charge is -2.10. The van der Waals surface area contributed by atoms with Crippen molar-refractivity contribution in [2.24, 2.45) is 0 Å². The minimum absolute atomic E-state index is 0.740. The standard InChI is InChI=1S/C19H16ClNS/c1-13-5-3-4-6-17(13)19-12-16(22-2)11-18(21-19)14-7-9-15(20)10-8-14/h3-12H,1-2H3. The predicted molar refractivity (Wildman–Crippen MR) is 96.6 cm³/mol. The van der Waals surface area contributed by atoms with Gasteiger partial charge in [-0.2, -0.15) is 0 Å². The summed E-state index contributed by atoms with van der Waals surface area (Å²) in [5.41, 5.74) is 5.47. The number of rotatable bonds is 3. The van der Waals surface area contributed by atoms with E-state index >= 15 is 0 Å². The average Bonchev–Trinajstić information content (AvgIpc) is 2.55. The molecule has 0 amide bonds. The van der Waals surface area contributed by atoms with Crippen molar-refractivity contribution in [1.29, 1.82) is 0 Å². The van der Waals surface area contributed by atoms with E-state index in [1.54, 1.807) is 11.8 Å². The van der Waals surface area contributed by atoms with Crippen LogP contribution in [0.25, 0.3) is 22.5 Å². The summed E-state index contributed by atoms with van der Waals surface area (Å²) in [4.78, 5) is 6.06. The van der Waals surface area contributed by atoms with Crippen LogP contribution in [0.1, 0.15) is 5.56 Å². The van der Waals surface area contributed by atoms with Crippen LogP contribution in [-0.4, -0.2) is 11.2 Å². The summed E-state index contributed by atoms with van der Waals surface area (Å²) < 4.78 is 0. The topological polar surface area (TPSA) is 12.9 Å². The minimum Gasteiger partial charge on any atom is -0.248 e. The zero-order valence-electron chi connectivity index (χ0n) is 12.5. The second-order valence-electron chi connectivity index (χ2n) is 5.10. The Labute approximate surface area is 140 Å². The number of aromatic nitrogens is 1. The Morgan fingerprint density at radius 1 is 0.909 bits per heavy atom. The van der Waals surface area contributed by atoms with Crippen LogP contribution in [0, 0.1) is 6.92 Å². The molecular formula is C19H16ClNS. The Morgan fingerprint density at radius 2 is 1.59 bits per heavy atom. The van der Waals surface area contributed by atoms with Crippen LogP contribution in [-0.2, 0) is 0 Å². The summed E-state index contributed by atoms with van der Waals surface area (Å²) in [6.45, 7) is 2.12. The highest BCUT2D eigenvalue weighted by Crippen LogP contribution is 2.30. The lowest BCUT2D eigenvalue weighted by Crippen LogP contribution is -1.91. The van der Waals surface area contributed by atoms with Crippen molar-refractivity contribution >= 4 is 23.4 Å². The maximum Gasteiger partial charge on any atom is 0.0723 e. The summed E-state index contributed by atoms with van der Waals surface area (Å²) >= 11 is 7.71. The van der Waals surface area contributed by atoms with Gasteiger partial charge in [0, 0.05) is 21.0 Å². The predicted octanol–water partition coefficient (Wildman–Crippen LogP) is 6.10. The second kappa shape index (κ2) is 6.55. The third kappa shape index (κ3) is 3.18. The molecule has 0 atom stereocenters. The highest BCUT2D eigenvalue weighted by molar-refractivity contribution is 7.98. The van der Waals surface area contributed by atoms with Crippen molar-refractivity contribution in [2.75, 3.05) is 6.26 Å². The van der Waals surface area contributed by atoms with Gasteiger partial charge in [0.2, 0.25) is 0 Å². The van der Waals surface area contributed by atoms with Crippen LogP contribution in [0.2, 0.25) is 5.02 Å². The summed E-state index contributed by atoms with van der Waals surface area (Å²) in [5.74, 6) is 0.